The minimum absolute atomic E-state index is 0.159. The van der Waals surface area contributed by atoms with E-state index in [1.807, 2.05) is 19.1 Å². The van der Waals surface area contributed by atoms with Gasteiger partial charge in [0, 0.05) is 5.56 Å². The highest BCUT2D eigenvalue weighted by atomic mass is 16.5. The Balaban J connectivity index is 1.82. The molecule has 0 aliphatic heterocycles. The number of rotatable bonds is 4. The van der Waals surface area contributed by atoms with Gasteiger partial charge in [0.15, 0.2) is 0 Å². The van der Waals surface area contributed by atoms with Crippen LogP contribution in [0.5, 0.6) is 5.75 Å². The second-order valence-electron chi connectivity index (χ2n) is 5.96. The van der Waals surface area contributed by atoms with Crippen LogP contribution in [0.4, 0.5) is 0 Å². The molecule has 0 aromatic heterocycles. The number of aryl methyl sites for hydroxylation is 2. The first-order valence-electron chi connectivity index (χ1n) is 7.81. The van der Waals surface area contributed by atoms with Crippen LogP contribution in [0.25, 0.3) is 0 Å². The van der Waals surface area contributed by atoms with E-state index in [1.165, 1.54) is 0 Å². The summed E-state index contributed by atoms with van der Waals surface area (Å²) < 4.78 is 5.16. The van der Waals surface area contributed by atoms with Gasteiger partial charge in [-0.15, -0.1) is 0 Å². The first kappa shape index (κ1) is 16.1. The number of hydrogen-bond acceptors (Lipinski definition) is 3. The van der Waals surface area contributed by atoms with Gasteiger partial charge in [0.05, 0.1) is 18.7 Å². The lowest BCUT2D eigenvalue weighted by atomic mass is 10.0. The van der Waals surface area contributed by atoms with E-state index in [-0.39, 0.29) is 17.5 Å². The van der Waals surface area contributed by atoms with Crippen molar-refractivity contribution in [3.05, 3.63) is 64.2 Å². The molecule has 2 N–H and O–H groups in total. The zero-order chi connectivity index (χ0) is 17.3. The normalized spacial score (nSPS) is 15.7. The van der Waals surface area contributed by atoms with E-state index in [2.05, 4.69) is 5.32 Å². The Kier molecular flexibility index (Phi) is 4.25. The second kappa shape index (κ2) is 6.35. The van der Waals surface area contributed by atoms with Crippen molar-refractivity contribution >= 4 is 11.9 Å². The first-order chi connectivity index (χ1) is 11.5. The van der Waals surface area contributed by atoms with Crippen LogP contribution >= 0.6 is 0 Å². The average molecular weight is 325 g/mol. The van der Waals surface area contributed by atoms with Gasteiger partial charge in [-0.1, -0.05) is 6.07 Å². The molecule has 1 aliphatic carbocycles. The highest BCUT2D eigenvalue weighted by Gasteiger charge is 2.25. The third-order valence-corrected chi connectivity index (χ3v) is 4.45. The third kappa shape index (κ3) is 2.97. The molecule has 0 radical (unpaired) electrons. The largest absolute Gasteiger partial charge is 0.497 e. The van der Waals surface area contributed by atoms with Gasteiger partial charge in [-0.25, -0.2) is 4.79 Å². The van der Waals surface area contributed by atoms with E-state index in [0.29, 0.717) is 11.3 Å². The molecule has 24 heavy (non-hydrogen) atoms. The fourth-order valence-electron chi connectivity index (χ4n) is 3.14. The number of amides is 1. The molecule has 0 fully saturated rings. The monoisotopic (exact) mass is 325 g/mol. The number of hydrogen-bond donors (Lipinski definition) is 2. The number of benzene rings is 2. The van der Waals surface area contributed by atoms with Gasteiger partial charge in [-0.05, 0) is 66.8 Å². The zero-order valence-electron chi connectivity index (χ0n) is 13.6. The summed E-state index contributed by atoms with van der Waals surface area (Å²) in [7, 11) is 1.59. The summed E-state index contributed by atoms with van der Waals surface area (Å²) in [5.74, 6) is -0.407. The van der Waals surface area contributed by atoms with Crippen LogP contribution in [-0.2, 0) is 6.42 Å². The molecular formula is C19H19NO4. The lowest BCUT2D eigenvalue weighted by Crippen LogP contribution is -2.27. The Labute approximate surface area is 140 Å². The molecule has 0 saturated heterocycles. The second-order valence-corrected chi connectivity index (χ2v) is 5.96. The molecule has 5 nitrogen and oxygen atoms in total. The average Bonchev–Trinajstić information content (AvgIpc) is 2.96. The number of carboxylic acid groups (broad SMARTS) is 1. The Morgan fingerprint density at radius 2 is 2.00 bits per heavy atom. The van der Waals surface area contributed by atoms with E-state index >= 15 is 0 Å². The highest BCUT2D eigenvalue weighted by Crippen LogP contribution is 2.32. The smallest absolute Gasteiger partial charge is 0.335 e. The van der Waals surface area contributed by atoms with E-state index < -0.39 is 5.97 Å². The SMILES string of the molecule is COc1ccc(C(=O)NC2CCc3ccc(C(=O)O)cc32)c(C)c1. The molecule has 0 saturated carbocycles. The highest BCUT2D eigenvalue weighted by molar-refractivity contribution is 5.96. The molecule has 0 spiro atoms. The van der Waals surface area contributed by atoms with Crippen LogP contribution < -0.4 is 10.1 Å². The quantitative estimate of drug-likeness (QED) is 0.905. The summed E-state index contributed by atoms with van der Waals surface area (Å²) in [6, 6.07) is 10.3. The lowest BCUT2D eigenvalue weighted by Gasteiger charge is -2.16. The minimum atomic E-state index is -0.958. The van der Waals surface area contributed by atoms with Crippen LogP contribution in [0, 0.1) is 6.92 Å². The molecule has 0 bridgehead atoms. The van der Waals surface area contributed by atoms with Crippen molar-refractivity contribution < 1.29 is 19.4 Å². The van der Waals surface area contributed by atoms with Crippen molar-refractivity contribution in [2.45, 2.75) is 25.8 Å². The number of nitrogens with one attached hydrogen (secondary N) is 1. The maximum absolute atomic E-state index is 12.6. The molecule has 5 heteroatoms. The molecule has 3 rings (SSSR count). The fourth-order valence-corrected chi connectivity index (χ4v) is 3.14. The van der Waals surface area contributed by atoms with Crippen molar-refractivity contribution in [2.75, 3.05) is 7.11 Å². The van der Waals surface area contributed by atoms with Gasteiger partial charge in [0.2, 0.25) is 0 Å². The van der Waals surface area contributed by atoms with E-state index in [1.54, 1.807) is 31.4 Å². The topological polar surface area (TPSA) is 75.6 Å². The van der Waals surface area contributed by atoms with Gasteiger partial charge < -0.3 is 15.2 Å². The van der Waals surface area contributed by atoms with Crippen molar-refractivity contribution in [3.63, 3.8) is 0 Å². The standard InChI is InChI=1S/C19H19NO4/c1-11-9-14(24-2)6-7-15(11)18(21)20-17-8-5-12-3-4-13(19(22)23)10-16(12)17/h3-4,6-7,9-10,17H,5,8H2,1-2H3,(H,20,21)(H,22,23). The number of methoxy groups -OCH3 is 1. The number of aromatic carboxylic acids is 1. The summed E-state index contributed by atoms with van der Waals surface area (Å²) in [6.07, 6.45) is 1.61. The van der Waals surface area contributed by atoms with Crippen molar-refractivity contribution in [2.24, 2.45) is 0 Å². The van der Waals surface area contributed by atoms with E-state index in [4.69, 9.17) is 9.84 Å². The number of ether oxygens (including phenoxy) is 1. The first-order valence-corrected chi connectivity index (χ1v) is 7.81. The molecular weight excluding hydrogens is 306 g/mol. The lowest BCUT2D eigenvalue weighted by molar-refractivity contribution is 0.0696. The van der Waals surface area contributed by atoms with Crippen molar-refractivity contribution in [1.29, 1.82) is 0 Å². The molecule has 2 aromatic rings. The number of carboxylic acids is 1. The molecule has 0 heterocycles. The van der Waals surface area contributed by atoms with Gasteiger partial charge in [0.1, 0.15) is 5.75 Å². The van der Waals surface area contributed by atoms with Gasteiger partial charge in [0.25, 0.3) is 5.91 Å². The maximum atomic E-state index is 12.6. The Morgan fingerprint density at radius 1 is 1.21 bits per heavy atom. The summed E-state index contributed by atoms with van der Waals surface area (Å²) in [5, 5.41) is 12.2. The molecule has 1 aliphatic rings. The predicted octanol–water partition coefficient (Wildman–Crippen LogP) is 3.12. The van der Waals surface area contributed by atoms with Gasteiger partial charge in [-0.2, -0.15) is 0 Å². The van der Waals surface area contributed by atoms with Crippen LogP contribution in [0.1, 0.15) is 49.9 Å². The molecule has 1 atom stereocenters. The Bertz CT molecular complexity index is 813. The zero-order valence-corrected chi connectivity index (χ0v) is 13.6. The summed E-state index contributed by atoms with van der Waals surface area (Å²) in [5.41, 5.74) is 3.67. The predicted molar refractivity (Wildman–Crippen MR) is 89.7 cm³/mol. The van der Waals surface area contributed by atoms with Crippen molar-refractivity contribution in [1.82, 2.24) is 5.32 Å². The van der Waals surface area contributed by atoms with E-state index in [9.17, 15) is 9.59 Å². The van der Waals surface area contributed by atoms with Crippen LogP contribution in [0.3, 0.4) is 0 Å². The van der Waals surface area contributed by atoms with Crippen LogP contribution in [0.2, 0.25) is 0 Å². The van der Waals surface area contributed by atoms with Crippen molar-refractivity contribution in [3.8, 4) is 5.75 Å². The van der Waals surface area contributed by atoms with Crippen LogP contribution in [-0.4, -0.2) is 24.1 Å². The van der Waals surface area contributed by atoms with Crippen LogP contribution in [0.15, 0.2) is 36.4 Å². The Hall–Kier alpha value is -2.82. The molecule has 1 unspecified atom stereocenters. The number of carbonyl (C=O) groups excluding carboxylic acids is 1. The number of carbonyl (C=O) groups is 2. The minimum Gasteiger partial charge on any atom is -0.497 e. The summed E-state index contributed by atoms with van der Waals surface area (Å²) in [6.45, 7) is 1.86. The molecule has 124 valence electrons. The molecule has 1 amide bonds. The number of fused-ring (bicyclic) bond motifs is 1. The third-order valence-electron chi connectivity index (χ3n) is 4.45. The van der Waals surface area contributed by atoms with Gasteiger partial charge >= 0.3 is 5.97 Å². The maximum Gasteiger partial charge on any atom is 0.335 e. The fraction of sp³-hybridized carbons (Fsp3) is 0.263. The summed E-state index contributed by atoms with van der Waals surface area (Å²) >= 11 is 0. The Morgan fingerprint density at radius 3 is 2.67 bits per heavy atom. The summed E-state index contributed by atoms with van der Waals surface area (Å²) in [4.78, 5) is 23.7. The van der Waals surface area contributed by atoms with E-state index in [0.717, 1.165) is 29.5 Å². The van der Waals surface area contributed by atoms with Gasteiger partial charge in [-0.3, -0.25) is 4.79 Å². The molecule has 2 aromatic carbocycles.